The van der Waals surface area contributed by atoms with Crippen molar-refractivity contribution in [3.8, 4) is 0 Å². The van der Waals surface area contributed by atoms with Crippen LogP contribution in [0.5, 0.6) is 0 Å². The second-order valence-electron chi connectivity index (χ2n) is 8.15. The van der Waals surface area contributed by atoms with Crippen molar-refractivity contribution < 1.29 is 9.18 Å². The highest BCUT2D eigenvalue weighted by molar-refractivity contribution is 7.80. The van der Waals surface area contributed by atoms with Gasteiger partial charge in [0, 0.05) is 25.3 Å². The Balaban J connectivity index is 1.36. The van der Waals surface area contributed by atoms with E-state index in [0.29, 0.717) is 17.9 Å². The van der Waals surface area contributed by atoms with Crippen LogP contribution < -0.4 is 15.5 Å². The Bertz CT molecular complexity index is 951. The number of thiocarbonyl (C=S) groups is 1. The van der Waals surface area contributed by atoms with Gasteiger partial charge in [0.25, 0.3) is 0 Å². The van der Waals surface area contributed by atoms with Gasteiger partial charge in [-0.25, -0.2) is 4.39 Å². The summed E-state index contributed by atoms with van der Waals surface area (Å²) in [6.07, 6.45) is 2.77. The van der Waals surface area contributed by atoms with Crippen LogP contribution in [0.2, 0.25) is 0 Å². The number of halogens is 1. The first-order chi connectivity index (χ1) is 14.5. The first-order valence-corrected chi connectivity index (χ1v) is 10.8. The van der Waals surface area contributed by atoms with Gasteiger partial charge in [-0.15, -0.1) is 0 Å². The van der Waals surface area contributed by atoms with Gasteiger partial charge in [0.15, 0.2) is 5.11 Å². The monoisotopic (exact) mass is 426 g/mol. The van der Waals surface area contributed by atoms with E-state index in [4.69, 9.17) is 12.2 Å². The van der Waals surface area contributed by atoms with Crippen molar-refractivity contribution in [2.45, 2.75) is 25.8 Å². The molecule has 0 aromatic heterocycles. The topological polar surface area (TPSA) is 47.6 Å². The molecule has 2 aliphatic rings. The van der Waals surface area contributed by atoms with Gasteiger partial charge in [0.2, 0.25) is 5.91 Å². The first-order valence-electron chi connectivity index (χ1n) is 10.4. The predicted octanol–water partition coefficient (Wildman–Crippen LogP) is 3.54. The van der Waals surface area contributed by atoms with Crippen LogP contribution in [0.4, 0.5) is 15.8 Å². The number of carbonyl (C=O) groups is 1. The van der Waals surface area contributed by atoms with E-state index in [1.54, 1.807) is 12.1 Å². The van der Waals surface area contributed by atoms with Crippen LogP contribution >= 0.6 is 12.2 Å². The molecule has 1 atom stereocenters. The van der Waals surface area contributed by atoms with Crippen LogP contribution in [-0.4, -0.2) is 42.6 Å². The zero-order valence-electron chi connectivity index (χ0n) is 17.2. The minimum atomic E-state index is -0.303. The van der Waals surface area contributed by atoms with Crippen LogP contribution in [0.25, 0.3) is 0 Å². The number of nitrogens with one attached hydrogen (secondary N) is 2. The number of likely N-dealkylation sites (tertiary alicyclic amines) is 1. The van der Waals surface area contributed by atoms with E-state index in [0.717, 1.165) is 38.9 Å². The zero-order valence-corrected chi connectivity index (χ0v) is 18.0. The molecular formula is C23H27FN4OS. The zero-order chi connectivity index (χ0) is 21.1. The minimum absolute atomic E-state index is 0.0652. The summed E-state index contributed by atoms with van der Waals surface area (Å²) in [4.78, 5) is 16.6. The number of fused-ring (bicyclic) bond motifs is 1. The molecule has 2 aromatic rings. The number of amides is 1. The Hall–Kier alpha value is -2.51. The van der Waals surface area contributed by atoms with Crippen molar-refractivity contribution in [2.75, 3.05) is 36.9 Å². The summed E-state index contributed by atoms with van der Waals surface area (Å²) >= 11 is 5.27. The highest BCUT2D eigenvalue weighted by atomic mass is 32.1. The average Bonchev–Trinajstić information content (AvgIpc) is 2.73. The second kappa shape index (κ2) is 9.10. The second-order valence-corrected chi connectivity index (χ2v) is 8.56. The third-order valence-electron chi connectivity index (χ3n) is 5.91. The van der Waals surface area contributed by atoms with Gasteiger partial charge in [-0.2, -0.15) is 0 Å². The van der Waals surface area contributed by atoms with Crippen molar-refractivity contribution in [1.82, 2.24) is 10.2 Å². The average molecular weight is 427 g/mol. The lowest BCUT2D eigenvalue weighted by atomic mass is 9.98. The van der Waals surface area contributed by atoms with Gasteiger partial charge in [0.05, 0.1) is 11.6 Å². The minimum Gasteiger partial charge on any atom is -0.364 e. The molecule has 0 aliphatic carbocycles. The Morgan fingerprint density at radius 2 is 1.97 bits per heavy atom. The van der Waals surface area contributed by atoms with Gasteiger partial charge < -0.3 is 20.4 Å². The van der Waals surface area contributed by atoms with Crippen molar-refractivity contribution >= 4 is 34.6 Å². The van der Waals surface area contributed by atoms with Crippen molar-refractivity contribution in [2.24, 2.45) is 5.92 Å². The van der Waals surface area contributed by atoms with E-state index < -0.39 is 0 Å². The molecule has 0 bridgehead atoms. The van der Waals surface area contributed by atoms with Crippen LogP contribution in [-0.2, 0) is 17.8 Å². The summed E-state index contributed by atoms with van der Waals surface area (Å²) in [5.41, 5.74) is 3.68. The molecule has 2 heterocycles. The van der Waals surface area contributed by atoms with Gasteiger partial charge in [-0.05, 0) is 74.4 Å². The quantitative estimate of drug-likeness (QED) is 0.736. The van der Waals surface area contributed by atoms with Crippen molar-refractivity contribution in [1.29, 1.82) is 0 Å². The van der Waals surface area contributed by atoms with Crippen LogP contribution in [0.3, 0.4) is 0 Å². The molecule has 2 N–H and O–H groups in total. The van der Waals surface area contributed by atoms with E-state index in [1.807, 2.05) is 19.2 Å². The van der Waals surface area contributed by atoms with Gasteiger partial charge >= 0.3 is 0 Å². The maximum absolute atomic E-state index is 14.8. The van der Waals surface area contributed by atoms with Crippen molar-refractivity contribution in [3.05, 3.63) is 59.4 Å². The standard InChI is InChI=1S/C23H27FN4OS/c1-27-11-4-7-18(14-27)22(29)26-23(30)25-19-8-9-21(20(24)13-19)28-12-10-16-5-2-3-6-17(16)15-28/h2-3,5-6,8-9,13,18H,4,7,10-12,14-15H2,1H3,(H2,25,26,29,30). The fraction of sp³-hybridized carbons (Fsp3) is 0.391. The first kappa shape index (κ1) is 20.8. The normalized spacial score (nSPS) is 19.1. The molecule has 2 aromatic carbocycles. The predicted molar refractivity (Wildman–Crippen MR) is 122 cm³/mol. The smallest absolute Gasteiger partial charge is 0.230 e. The summed E-state index contributed by atoms with van der Waals surface area (Å²) in [5, 5.41) is 5.89. The molecule has 2 aliphatic heterocycles. The molecule has 1 fully saturated rings. The number of hydrogen-bond acceptors (Lipinski definition) is 4. The SMILES string of the molecule is CN1CCCC(C(=O)NC(=S)Nc2ccc(N3CCc4ccccc4C3)c(F)c2)C1. The van der Waals surface area contributed by atoms with Gasteiger partial charge in [0.1, 0.15) is 5.82 Å². The molecule has 4 rings (SSSR count). The molecule has 5 nitrogen and oxygen atoms in total. The third kappa shape index (κ3) is 4.79. The Morgan fingerprint density at radius 3 is 2.73 bits per heavy atom. The van der Waals surface area contributed by atoms with Crippen LogP contribution in [0.15, 0.2) is 42.5 Å². The lowest BCUT2D eigenvalue weighted by Gasteiger charge is -2.31. The lowest BCUT2D eigenvalue weighted by molar-refractivity contribution is -0.125. The van der Waals surface area contributed by atoms with Crippen LogP contribution in [0, 0.1) is 11.7 Å². The Labute approximate surface area is 182 Å². The maximum atomic E-state index is 14.8. The van der Waals surface area contributed by atoms with E-state index in [2.05, 4.69) is 32.6 Å². The summed E-state index contributed by atoms with van der Waals surface area (Å²) in [6.45, 7) is 3.23. The molecule has 30 heavy (non-hydrogen) atoms. The third-order valence-corrected chi connectivity index (χ3v) is 6.11. The summed E-state index contributed by atoms with van der Waals surface area (Å²) in [7, 11) is 2.02. The largest absolute Gasteiger partial charge is 0.364 e. The van der Waals surface area contributed by atoms with Gasteiger partial charge in [-0.1, -0.05) is 24.3 Å². The van der Waals surface area contributed by atoms with Crippen LogP contribution in [0.1, 0.15) is 24.0 Å². The van der Waals surface area contributed by atoms with Gasteiger partial charge in [-0.3, -0.25) is 4.79 Å². The fourth-order valence-electron chi connectivity index (χ4n) is 4.30. The summed E-state index contributed by atoms with van der Waals surface area (Å²) in [5.74, 6) is -0.449. The summed E-state index contributed by atoms with van der Waals surface area (Å²) in [6, 6.07) is 13.3. The molecule has 158 valence electrons. The molecule has 0 spiro atoms. The molecule has 7 heteroatoms. The summed E-state index contributed by atoms with van der Waals surface area (Å²) < 4.78 is 14.8. The van der Waals surface area contributed by atoms with E-state index in [9.17, 15) is 9.18 Å². The maximum Gasteiger partial charge on any atom is 0.230 e. The number of benzene rings is 2. The fourth-order valence-corrected chi connectivity index (χ4v) is 4.52. The highest BCUT2D eigenvalue weighted by Gasteiger charge is 2.24. The van der Waals surface area contributed by atoms with E-state index >= 15 is 0 Å². The van der Waals surface area contributed by atoms with Crippen molar-refractivity contribution in [3.63, 3.8) is 0 Å². The lowest BCUT2D eigenvalue weighted by Crippen LogP contribution is -2.44. The number of piperidine rings is 1. The molecular weight excluding hydrogens is 399 g/mol. The molecule has 1 unspecified atom stereocenters. The van der Waals surface area contributed by atoms with E-state index in [-0.39, 0.29) is 22.8 Å². The number of rotatable bonds is 3. The molecule has 0 saturated carbocycles. The Kier molecular flexibility index (Phi) is 6.29. The van der Waals surface area contributed by atoms with E-state index in [1.165, 1.54) is 17.2 Å². The Morgan fingerprint density at radius 1 is 1.17 bits per heavy atom. The number of nitrogens with zero attached hydrogens (tertiary/aromatic N) is 2. The molecule has 0 radical (unpaired) electrons. The highest BCUT2D eigenvalue weighted by Crippen LogP contribution is 2.28. The molecule has 1 amide bonds. The number of anilines is 2. The number of carbonyl (C=O) groups excluding carboxylic acids is 1. The molecule has 1 saturated heterocycles. The number of hydrogen-bond donors (Lipinski definition) is 2.